The number of nitrogens with one attached hydrogen (secondary N) is 2. The third-order valence-corrected chi connectivity index (χ3v) is 16.5. The lowest BCUT2D eigenvalue weighted by Gasteiger charge is -2.16. The zero-order valence-corrected chi connectivity index (χ0v) is 45.2. The summed E-state index contributed by atoms with van der Waals surface area (Å²) >= 11 is 0. The summed E-state index contributed by atoms with van der Waals surface area (Å²) < 4.78 is 33.6. The summed E-state index contributed by atoms with van der Waals surface area (Å²) in [5, 5.41) is 5.15. The Morgan fingerprint density at radius 2 is 1.29 bits per heavy atom. The molecule has 0 radical (unpaired) electrons. The maximum atomic E-state index is 13.1. The molecule has 0 unspecified atom stereocenters. The molecule has 17 nitrogen and oxygen atoms in total. The van der Waals surface area contributed by atoms with Crippen molar-refractivity contribution >= 4 is 69.3 Å². The van der Waals surface area contributed by atoms with Crippen LogP contribution in [0, 0.1) is 0 Å². The van der Waals surface area contributed by atoms with Crippen LogP contribution in [0.25, 0.3) is 88.8 Å². The van der Waals surface area contributed by atoms with Gasteiger partial charge in [0, 0.05) is 80.0 Å². The van der Waals surface area contributed by atoms with Crippen molar-refractivity contribution in [1.82, 2.24) is 52.7 Å². The van der Waals surface area contributed by atoms with Gasteiger partial charge in [-0.3, -0.25) is 13.4 Å². The monoisotopic (exact) mass is 1040 g/mol. The average molecular weight is 1050 g/mol. The Morgan fingerprint density at radius 1 is 0.688 bits per heavy atom. The molecular weight excluding hydrogens is 985 g/mol. The number of ether oxygens (including phenoxy) is 4. The zero-order valence-electron chi connectivity index (χ0n) is 44.2. The molecule has 18 heteroatoms. The predicted molar refractivity (Wildman–Crippen MR) is 304 cm³/mol. The fraction of sp³-hybridized carbons (Fsp3) is 0.237. The highest BCUT2D eigenvalue weighted by Gasteiger charge is 2.29. The number of imidazole rings is 2. The van der Waals surface area contributed by atoms with Crippen LogP contribution in [0.3, 0.4) is 0 Å². The molecule has 0 saturated heterocycles. The van der Waals surface area contributed by atoms with E-state index >= 15 is 0 Å². The minimum Gasteiger partial charge on any atom is -0.497 e. The van der Waals surface area contributed by atoms with Crippen LogP contribution in [-0.4, -0.2) is 89.0 Å². The fourth-order valence-electron chi connectivity index (χ4n) is 10.9. The van der Waals surface area contributed by atoms with Crippen molar-refractivity contribution in [1.29, 1.82) is 0 Å². The molecule has 0 spiro atoms. The Balaban J connectivity index is 0.000000191. The Kier molecular flexibility index (Phi) is 12.6. The van der Waals surface area contributed by atoms with E-state index < -0.39 is 14.2 Å². The molecule has 0 fully saturated rings. The molecule has 0 atom stereocenters. The number of alkyl carbamates (subject to hydrolysis) is 1. The number of carbonyl (C=O) groups excluding carboxylic acids is 1. The van der Waals surface area contributed by atoms with E-state index in [0.717, 1.165) is 101 Å². The largest absolute Gasteiger partial charge is 0.497 e. The molecule has 4 aromatic carbocycles. The zero-order chi connectivity index (χ0) is 53.1. The van der Waals surface area contributed by atoms with E-state index in [1.54, 1.807) is 32.8 Å². The first kappa shape index (κ1) is 49.2. The van der Waals surface area contributed by atoms with Crippen molar-refractivity contribution in [2.45, 2.75) is 51.4 Å². The minimum atomic E-state index is -1.28. The average Bonchev–Trinajstić information content (AvgIpc) is 4.47. The summed E-state index contributed by atoms with van der Waals surface area (Å²) in [5.41, 5.74) is 22.1. The van der Waals surface area contributed by atoms with E-state index in [1.807, 2.05) is 54.0 Å². The van der Waals surface area contributed by atoms with E-state index in [-0.39, 0.29) is 19.1 Å². The lowest BCUT2D eigenvalue weighted by molar-refractivity contribution is 0.0909. The number of amides is 1. The van der Waals surface area contributed by atoms with Gasteiger partial charge in [0.15, 0.2) is 11.3 Å². The highest BCUT2D eigenvalue weighted by atomic mass is 28.3. The molecule has 1 aliphatic carbocycles. The molecule has 390 valence electrons. The molecule has 8 heterocycles. The second-order valence-electron chi connectivity index (χ2n) is 20.8. The number of hydrogen-bond acceptors (Lipinski definition) is 10. The first-order valence-electron chi connectivity index (χ1n) is 25.7. The van der Waals surface area contributed by atoms with Crippen LogP contribution in [0.2, 0.25) is 25.7 Å². The molecule has 0 aliphatic heterocycles. The molecule has 1 amide bonds. The molecule has 12 aromatic rings. The van der Waals surface area contributed by atoms with Crippen molar-refractivity contribution in [2.24, 2.45) is 19.8 Å². The van der Waals surface area contributed by atoms with Crippen LogP contribution < -0.4 is 20.5 Å². The molecule has 77 heavy (non-hydrogen) atoms. The van der Waals surface area contributed by atoms with Crippen LogP contribution in [0.5, 0.6) is 11.5 Å². The first-order chi connectivity index (χ1) is 37.4. The maximum absolute atomic E-state index is 13.1. The van der Waals surface area contributed by atoms with Crippen molar-refractivity contribution < 1.29 is 23.7 Å². The van der Waals surface area contributed by atoms with Gasteiger partial charge in [-0.1, -0.05) is 68.2 Å². The lowest BCUT2D eigenvalue weighted by atomic mass is 9.98. The molecule has 8 aromatic heterocycles. The van der Waals surface area contributed by atoms with Gasteiger partial charge in [-0.2, -0.15) is 0 Å². The lowest BCUT2D eigenvalue weighted by Crippen LogP contribution is -2.26. The molecule has 4 N–H and O–H groups in total. The number of hydrogen-bond donors (Lipinski definition) is 3. The topological polar surface area (TPSA) is 183 Å². The Morgan fingerprint density at radius 3 is 1.94 bits per heavy atom. The van der Waals surface area contributed by atoms with Crippen molar-refractivity contribution in [3.8, 4) is 45.1 Å². The second-order valence-corrected chi connectivity index (χ2v) is 26.4. The Hall–Kier alpha value is -8.71. The molecule has 13 rings (SSSR count). The highest BCUT2D eigenvalue weighted by Crippen LogP contribution is 2.45. The third kappa shape index (κ3) is 8.92. The van der Waals surface area contributed by atoms with Gasteiger partial charge >= 0.3 is 6.09 Å². The normalized spacial score (nSPS) is 12.5. The Bertz CT molecular complexity index is 4160. The third-order valence-electron chi connectivity index (χ3n) is 14.8. The van der Waals surface area contributed by atoms with Gasteiger partial charge in [0.05, 0.1) is 85.6 Å². The van der Waals surface area contributed by atoms with E-state index in [0.29, 0.717) is 25.7 Å². The summed E-state index contributed by atoms with van der Waals surface area (Å²) in [6.07, 6.45) is 11.0. The van der Waals surface area contributed by atoms with Crippen LogP contribution in [0.15, 0.2) is 134 Å². The number of carbonyl (C=O) groups is 1. The molecule has 1 aliphatic rings. The van der Waals surface area contributed by atoms with Crippen LogP contribution in [0.1, 0.15) is 28.7 Å². The smallest absolute Gasteiger partial charge is 0.407 e. The van der Waals surface area contributed by atoms with Gasteiger partial charge in [0.1, 0.15) is 36.5 Å². The van der Waals surface area contributed by atoms with Crippen molar-refractivity contribution in [2.75, 3.05) is 27.4 Å². The molecular formula is C59H60N12O5Si. The summed E-state index contributed by atoms with van der Waals surface area (Å²) in [7, 11) is 6.18. The summed E-state index contributed by atoms with van der Waals surface area (Å²) in [5.74, 6) is 3.11. The number of nitrogens with zero attached hydrogens (tertiary/aromatic N) is 9. The standard InChI is InChI=1S/C40H42N6O4Si.C19H18N6O/c1-44-23-33(32-18-27(48-2)14-15-35(32)44)36-19-37-39(45(36)25-49-16-17-51(3,4)5)42-21-26-20-41-38(46(26)37)22-43-40(47)50-24-34-30-12-8-6-10-28(30)29-11-7-9-13-31(29)34;1-24-10-14(13-5-12(26-2)3-4-16(13)24)15-6-17-19(23-15)22-9-11-8-21-18(7-20)25(11)17/h6-15,18-21,23,34H,16-17,22,24-25H2,1-5H3,(H,43,47);3-6,8-10,23H,7,20H2,1-2H3. The highest BCUT2D eigenvalue weighted by molar-refractivity contribution is 6.76. The first-order valence-corrected chi connectivity index (χ1v) is 29.4. The number of aromatic nitrogens is 10. The summed E-state index contributed by atoms with van der Waals surface area (Å²) in [6, 6.07) is 34.2. The van der Waals surface area contributed by atoms with E-state index in [9.17, 15) is 4.79 Å². The van der Waals surface area contributed by atoms with Crippen LogP contribution >= 0.6 is 0 Å². The number of rotatable bonds is 14. The number of aryl methyl sites for hydroxylation is 2. The number of nitrogens with two attached hydrogens (primary N) is 1. The number of methoxy groups -OCH3 is 2. The van der Waals surface area contributed by atoms with Gasteiger partial charge in [-0.05, 0) is 76.8 Å². The second kappa shape index (κ2) is 19.8. The van der Waals surface area contributed by atoms with Gasteiger partial charge in [-0.25, -0.2) is 24.7 Å². The summed E-state index contributed by atoms with van der Waals surface area (Å²) in [4.78, 5) is 35.1. The van der Waals surface area contributed by atoms with E-state index in [2.05, 4.69) is 138 Å². The minimum absolute atomic E-state index is 0.0127. The van der Waals surface area contributed by atoms with Crippen LogP contribution in [0.4, 0.5) is 4.79 Å². The van der Waals surface area contributed by atoms with Crippen molar-refractivity contribution in [3.05, 3.63) is 157 Å². The van der Waals surface area contributed by atoms with Crippen molar-refractivity contribution in [3.63, 3.8) is 0 Å². The van der Waals surface area contributed by atoms with E-state index in [1.165, 1.54) is 22.3 Å². The number of fused-ring (bicyclic) bond motifs is 11. The van der Waals surface area contributed by atoms with Crippen LogP contribution in [-0.2, 0) is 43.4 Å². The maximum Gasteiger partial charge on any atom is 0.407 e. The van der Waals surface area contributed by atoms with Gasteiger partial charge in [-0.15, -0.1) is 0 Å². The van der Waals surface area contributed by atoms with Gasteiger partial charge in [0.25, 0.3) is 0 Å². The fourth-order valence-corrected chi connectivity index (χ4v) is 11.6. The number of aromatic amines is 1. The number of benzene rings is 4. The predicted octanol–water partition coefficient (Wildman–Crippen LogP) is 11.0. The van der Waals surface area contributed by atoms with E-state index in [4.69, 9.17) is 34.6 Å². The number of H-pyrrole nitrogens is 1. The summed E-state index contributed by atoms with van der Waals surface area (Å²) in [6.45, 7) is 8.90. The molecule has 0 bridgehead atoms. The quantitative estimate of drug-likeness (QED) is 0.0700. The van der Waals surface area contributed by atoms with Gasteiger partial charge in [0.2, 0.25) is 0 Å². The van der Waals surface area contributed by atoms with Gasteiger partial charge < -0.3 is 44.1 Å². The molecule has 0 saturated carbocycles. The SMILES string of the molecule is COc1ccc2c(c1)c(-c1cc3c(ncc4cnc(CN)n43)[nH]1)cn2C.COc1ccc2c(c1)c(-c1cc3c(ncc4cnc(CNC(=O)OCC5c6ccccc6-c6ccccc65)n43)n1COCC[Si](C)(C)C)cn2C. The Labute approximate surface area is 444 Å².